The van der Waals surface area contributed by atoms with Crippen molar-refractivity contribution in [2.75, 3.05) is 31.1 Å². The van der Waals surface area contributed by atoms with Gasteiger partial charge in [-0.2, -0.15) is 5.11 Å². The predicted octanol–water partition coefficient (Wildman–Crippen LogP) is 3.36. The Balaban J connectivity index is 1.41. The highest BCUT2D eigenvalue weighted by atomic mass is 19.1. The molecule has 0 bridgehead atoms. The van der Waals surface area contributed by atoms with Crippen molar-refractivity contribution >= 4 is 17.5 Å². The number of hydrogen-bond acceptors (Lipinski definition) is 6. The predicted molar refractivity (Wildman–Crippen MR) is 99.4 cm³/mol. The molecule has 1 saturated heterocycles. The number of halogens is 1. The first-order chi connectivity index (χ1) is 13.2. The number of rotatable bonds is 6. The summed E-state index contributed by atoms with van der Waals surface area (Å²) >= 11 is 0. The van der Waals surface area contributed by atoms with E-state index in [1.807, 2.05) is 24.3 Å². The number of nitrogens with one attached hydrogen (secondary N) is 1. The molecule has 0 aromatic heterocycles. The molecule has 138 valence electrons. The van der Waals surface area contributed by atoms with Crippen molar-refractivity contribution in [2.45, 2.75) is 6.54 Å². The molecule has 1 amide bonds. The van der Waals surface area contributed by atoms with E-state index < -0.39 is 6.09 Å². The minimum absolute atomic E-state index is 0.328. The van der Waals surface area contributed by atoms with E-state index in [0.717, 1.165) is 16.8 Å². The Morgan fingerprint density at radius 1 is 1.15 bits per heavy atom. The fraction of sp³-hybridized carbons (Fsp3) is 0.263. The standard InChI is InChI=1S/C19H18FN5O2/c20-18-9-16(25-7-8-27-19(25)26)5-6-17(18)14-3-1-13(2-4-14)10-21-11-15-12-22-24-23-15/h1-6,9,21H,7-8,10-12H2. The van der Waals surface area contributed by atoms with Crippen LogP contribution < -0.4 is 10.2 Å². The van der Waals surface area contributed by atoms with E-state index in [1.165, 1.54) is 11.0 Å². The fourth-order valence-electron chi connectivity index (χ4n) is 3.02. The average molecular weight is 367 g/mol. The molecule has 1 N–H and O–H groups in total. The molecule has 2 aromatic rings. The second-order valence-electron chi connectivity index (χ2n) is 6.29. The van der Waals surface area contributed by atoms with Crippen molar-refractivity contribution in [3.8, 4) is 11.1 Å². The maximum atomic E-state index is 14.6. The highest BCUT2D eigenvalue weighted by Crippen LogP contribution is 2.28. The Morgan fingerprint density at radius 2 is 2.00 bits per heavy atom. The number of benzene rings is 2. The summed E-state index contributed by atoms with van der Waals surface area (Å²) in [4.78, 5) is 13.0. The Bertz CT molecular complexity index is 911. The SMILES string of the molecule is O=C1OCCN1c1ccc(-c2ccc(CNCC3=NN=NC3)cc2)c(F)c1. The quantitative estimate of drug-likeness (QED) is 0.850. The normalized spacial score (nSPS) is 16.0. The maximum absolute atomic E-state index is 14.6. The first-order valence-electron chi connectivity index (χ1n) is 8.67. The number of hydrogen-bond donors (Lipinski definition) is 1. The molecular formula is C19H18FN5O2. The maximum Gasteiger partial charge on any atom is 0.414 e. The Labute approximate surface area is 155 Å². The number of amides is 1. The highest BCUT2D eigenvalue weighted by molar-refractivity contribution is 5.90. The molecule has 0 radical (unpaired) electrons. The van der Waals surface area contributed by atoms with Crippen LogP contribution in [0.2, 0.25) is 0 Å². The summed E-state index contributed by atoms with van der Waals surface area (Å²) in [5.41, 5.74) is 3.78. The van der Waals surface area contributed by atoms with Crippen LogP contribution in [-0.4, -0.2) is 38.0 Å². The van der Waals surface area contributed by atoms with E-state index in [-0.39, 0.29) is 5.82 Å². The third-order valence-electron chi connectivity index (χ3n) is 4.45. The van der Waals surface area contributed by atoms with Gasteiger partial charge in [-0.3, -0.25) is 4.90 Å². The molecule has 0 spiro atoms. The molecule has 2 aromatic carbocycles. The van der Waals surface area contributed by atoms with Crippen molar-refractivity contribution < 1.29 is 13.9 Å². The van der Waals surface area contributed by atoms with Crippen LogP contribution in [0.15, 0.2) is 57.9 Å². The van der Waals surface area contributed by atoms with Crippen molar-refractivity contribution in [1.82, 2.24) is 5.32 Å². The summed E-state index contributed by atoms with van der Waals surface area (Å²) in [5, 5.41) is 14.6. The number of nitrogens with zero attached hydrogens (tertiary/aromatic N) is 4. The molecule has 1 fully saturated rings. The summed E-state index contributed by atoms with van der Waals surface area (Å²) in [6, 6.07) is 12.5. The van der Waals surface area contributed by atoms with E-state index in [9.17, 15) is 9.18 Å². The summed E-state index contributed by atoms with van der Waals surface area (Å²) in [6.07, 6.45) is -0.440. The number of ether oxygens (including phenoxy) is 1. The summed E-state index contributed by atoms with van der Waals surface area (Å²) in [5.74, 6) is -0.371. The third kappa shape index (κ3) is 3.85. The van der Waals surface area contributed by atoms with Crippen molar-refractivity contribution in [3.05, 3.63) is 53.8 Å². The minimum Gasteiger partial charge on any atom is -0.447 e. The van der Waals surface area contributed by atoms with Gasteiger partial charge in [-0.1, -0.05) is 24.3 Å². The lowest BCUT2D eigenvalue weighted by Crippen LogP contribution is -2.23. The number of carbonyl (C=O) groups is 1. The van der Waals surface area contributed by atoms with E-state index in [4.69, 9.17) is 4.74 Å². The summed E-state index contributed by atoms with van der Waals surface area (Å²) in [7, 11) is 0. The monoisotopic (exact) mass is 367 g/mol. The van der Waals surface area contributed by atoms with Crippen LogP contribution in [0.25, 0.3) is 11.1 Å². The Kier molecular flexibility index (Phi) is 4.88. The minimum atomic E-state index is -0.440. The van der Waals surface area contributed by atoms with Gasteiger partial charge in [-0.15, -0.1) is 5.10 Å². The molecular weight excluding hydrogens is 349 g/mol. The first kappa shape index (κ1) is 17.3. The number of carbonyl (C=O) groups excluding carboxylic acids is 1. The Hall–Kier alpha value is -3.13. The van der Waals surface area contributed by atoms with Crippen LogP contribution in [0.3, 0.4) is 0 Å². The van der Waals surface area contributed by atoms with Crippen LogP contribution in [0, 0.1) is 5.82 Å². The Morgan fingerprint density at radius 3 is 2.67 bits per heavy atom. The van der Waals surface area contributed by atoms with E-state index >= 15 is 0 Å². The fourth-order valence-corrected chi connectivity index (χ4v) is 3.02. The molecule has 4 rings (SSSR count). The zero-order chi connectivity index (χ0) is 18.6. The van der Waals surface area contributed by atoms with Gasteiger partial charge in [0.1, 0.15) is 19.0 Å². The molecule has 2 aliphatic heterocycles. The highest BCUT2D eigenvalue weighted by Gasteiger charge is 2.24. The molecule has 2 heterocycles. The van der Waals surface area contributed by atoms with E-state index in [0.29, 0.717) is 44.0 Å². The molecule has 2 aliphatic rings. The van der Waals surface area contributed by atoms with Gasteiger partial charge < -0.3 is 10.1 Å². The molecule has 27 heavy (non-hydrogen) atoms. The van der Waals surface area contributed by atoms with Gasteiger partial charge in [0.05, 0.1) is 17.9 Å². The van der Waals surface area contributed by atoms with Crippen LogP contribution in [0.4, 0.5) is 14.9 Å². The van der Waals surface area contributed by atoms with Gasteiger partial charge in [0.15, 0.2) is 0 Å². The van der Waals surface area contributed by atoms with Crippen LogP contribution in [-0.2, 0) is 11.3 Å². The molecule has 7 nitrogen and oxygen atoms in total. The zero-order valence-electron chi connectivity index (χ0n) is 14.6. The topological polar surface area (TPSA) is 78.6 Å². The molecule has 0 saturated carbocycles. The molecule has 0 aliphatic carbocycles. The van der Waals surface area contributed by atoms with Gasteiger partial charge in [0, 0.05) is 18.7 Å². The van der Waals surface area contributed by atoms with Crippen molar-refractivity contribution in [1.29, 1.82) is 0 Å². The summed E-state index contributed by atoms with van der Waals surface area (Å²) < 4.78 is 19.5. The van der Waals surface area contributed by atoms with Crippen molar-refractivity contribution in [2.24, 2.45) is 15.4 Å². The molecule has 8 heteroatoms. The van der Waals surface area contributed by atoms with Crippen LogP contribution in [0.1, 0.15) is 5.56 Å². The molecule has 0 unspecified atom stereocenters. The lowest BCUT2D eigenvalue weighted by molar-refractivity contribution is 0.181. The third-order valence-corrected chi connectivity index (χ3v) is 4.45. The zero-order valence-corrected chi connectivity index (χ0v) is 14.6. The largest absolute Gasteiger partial charge is 0.447 e. The van der Waals surface area contributed by atoms with E-state index in [1.54, 1.807) is 12.1 Å². The average Bonchev–Trinajstić information content (AvgIpc) is 3.34. The van der Waals surface area contributed by atoms with Gasteiger partial charge in [-0.05, 0) is 34.5 Å². The van der Waals surface area contributed by atoms with Gasteiger partial charge in [0.25, 0.3) is 0 Å². The van der Waals surface area contributed by atoms with Gasteiger partial charge in [0.2, 0.25) is 0 Å². The lowest BCUT2D eigenvalue weighted by Gasteiger charge is -2.14. The number of cyclic esters (lactones) is 1. The first-order valence-corrected chi connectivity index (χ1v) is 8.67. The number of anilines is 1. The molecule has 0 atom stereocenters. The summed E-state index contributed by atoms with van der Waals surface area (Å²) in [6.45, 7) is 2.64. The lowest BCUT2D eigenvalue weighted by atomic mass is 10.0. The second kappa shape index (κ2) is 7.63. The van der Waals surface area contributed by atoms with Gasteiger partial charge in [-0.25, -0.2) is 9.18 Å². The smallest absolute Gasteiger partial charge is 0.414 e. The van der Waals surface area contributed by atoms with Crippen LogP contribution >= 0.6 is 0 Å². The van der Waals surface area contributed by atoms with Crippen molar-refractivity contribution in [3.63, 3.8) is 0 Å². The van der Waals surface area contributed by atoms with Gasteiger partial charge >= 0.3 is 6.09 Å². The second-order valence-corrected chi connectivity index (χ2v) is 6.29. The van der Waals surface area contributed by atoms with Crippen LogP contribution in [0.5, 0.6) is 0 Å². The van der Waals surface area contributed by atoms with E-state index in [2.05, 4.69) is 20.8 Å².